The molecule has 4 heterocycles. The van der Waals surface area contributed by atoms with Crippen LogP contribution in [0.25, 0.3) is 44.8 Å². The highest BCUT2D eigenvalue weighted by Crippen LogP contribution is 2.29. The van der Waals surface area contributed by atoms with E-state index in [9.17, 15) is 0 Å². The Hall–Kier alpha value is -3.32. The van der Waals surface area contributed by atoms with Crippen LogP contribution < -0.4 is 0 Å². The maximum absolute atomic E-state index is 4.82. The van der Waals surface area contributed by atoms with Crippen molar-refractivity contribution in [3.05, 3.63) is 60.9 Å². The van der Waals surface area contributed by atoms with Gasteiger partial charge in [-0.2, -0.15) is 8.75 Å². The molecule has 5 rings (SSSR count). The van der Waals surface area contributed by atoms with Crippen molar-refractivity contribution in [2.45, 2.75) is 0 Å². The van der Waals surface area contributed by atoms with Crippen LogP contribution in [0.15, 0.2) is 60.9 Å². The fourth-order valence-electron chi connectivity index (χ4n) is 2.70. The van der Waals surface area contributed by atoms with Crippen molar-refractivity contribution >= 4 is 33.8 Å². The minimum Gasteiger partial charge on any atom is -0.255 e. The minimum atomic E-state index is 0.703. The van der Waals surface area contributed by atoms with Gasteiger partial charge in [0.15, 0.2) is 0 Å². The Morgan fingerprint density at radius 1 is 0.600 bits per heavy atom. The second-order valence-corrected chi connectivity index (χ2v) is 5.97. The molecule has 0 saturated carbocycles. The highest BCUT2D eigenvalue weighted by molar-refractivity contribution is 7.00. The summed E-state index contributed by atoms with van der Waals surface area (Å²) in [6, 6.07) is 15.3. The maximum atomic E-state index is 4.82. The number of aromatic nitrogens is 6. The molecule has 0 N–H and O–H groups in total. The number of pyridine rings is 2. The third-order valence-electron chi connectivity index (χ3n) is 3.85. The normalized spacial score (nSPS) is 11.2. The van der Waals surface area contributed by atoms with Gasteiger partial charge in [0, 0.05) is 12.4 Å². The molecule has 0 unspecified atom stereocenters. The highest BCUT2D eigenvalue weighted by Gasteiger charge is 2.16. The molecule has 0 radical (unpaired) electrons. The first-order valence-corrected chi connectivity index (χ1v) is 8.38. The van der Waals surface area contributed by atoms with Gasteiger partial charge in [0.25, 0.3) is 0 Å². The average molecular weight is 342 g/mol. The molecule has 0 aliphatic rings. The van der Waals surface area contributed by atoms with Gasteiger partial charge in [0.2, 0.25) is 0 Å². The van der Waals surface area contributed by atoms with Crippen LogP contribution in [-0.2, 0) is 0 Å². The van der Waals surface area contributed by atoms with Crippen molar-refractivity contribution < 1.29 is 0 Å². The first kappa shape index (κ1) is 14.1. The van der Waals surface area contributed by atoms with Crippen molar-refractivity contribution in [2.75, 3.05) is 0 Å². The summed E-state index contributed by atoms with van der Waals surface area (Å²) in [7, 11) is 0. The Morgan fingerprint density at radius 3 is 1.56 bits per heavy atom. The van der Waals surface area contributed by atoms with Crippen molar-refractivity contribution in [1.29, 1.82) is 0 Å². The number of rotatable bonds is 2. The Morgan fingerprint density at radius 2 is 1.12 bits per heavy atom. The number of fused-ring (bicyclic) bond motifs is 2. The van der Waals surface area contributed by atoms with Crippen LogP contribution in [-0.4, -0.2) is 28.7 Å². The van der Waals surface area contributed by atoms with Gasteiger partial charge in [-0.25, -0.2) is 9.97 Å². The van der Waals surface area contributed by atoms with Crippen molar-refractivity contribution in [1.82, 2.24) is 28.7 Å². The zero-order valence-electron chi connectivity index (χ0n) is 12.9. The third kappa shape index (κ3) is 2.41. The van der Waals surface area contributed by atoms with Crippen LogP contribution in [0.1, 0.15) is 0 Å². The second-order valence-electron chi connectivity index (χ2n) is 5.44. The van der Waals surface area contributed by atoms with Gasteiger partial charge in [-0.1, -0.05) is 12.1 Å². The van der Waals surface area contributed by atoms with E-state index in [0.717, 1.165) is 33.5 Å². The fraction of sp³-hybridized carbons (Fsp3) is 0. The van der Waals surface area contributed by atoms with Gasteiger partial charge in [-0.15, -0.1) is 0 Å². The Kier molecular flexibility index (Phi) is 3.17. The molecule has 4 aromatic heterocycles. The van der Waals surface area contributed by atoms with E-state index < -0.39 is 0 Å². The van der Waals surface area contributed by atoms with E-state index in [2.05, 4.69) is 18.7 Å². The number of benzene rings is 1. The third-order valence-corrected chi connectivity index (χ3v) is 4.41. The Balaban J connectivity index is 1.86. The Bertz CT molecular complexity index is 1090. The van der Waals surface area contributed by atoms with Crippen LogP contribution in [0.3, 0.4) is 0 Å². The lowest BCUT2D eigenvalue weighted by molar-refractivity contribution is 1.21. The van der Waals surface area contributed by atoms with Gasteiger partial charge >= 0.3 is 0 Å². The summed E-state index contributed by atoms with van der Waals surface area (Å²) in [5.74, 6) is 0. The Labute approximate surface area is 146 Å². The lowest BCUT2D eigenvalue weighted by atomic mass is 10.1. The summed E-state index contributed by atoms with van der Waals surface area (Å²) in [6.07, 6.45) is 3.49. The molecule has 0 atom stereocenters. The van der Waals surface area contributed by atoms with E-state index >= 15 is 0 Å². The molecule has 0 spiro atoms. The molecule has 0 aliphatic carbocycles. The zero-order valence-corrected chi connectivity index (χ0v) is 13.7. The van der Waals surface area contributed by atoms with Gasteiger partial charge in [0.1, 0.15) is 22.4 Å². The predicted octanol–water partition coefficient (Wildman–Crippen LogP) is 3.76. The summed E-state index contributed by atoms with van der Waals surface area (Å²) in [5.41, 5.74) is 6.10. The molecule has 7 heteroatoms. The molecule has 0 bridgehead atoms. The van der Waals surface area contributed by atoms with E-state index in [1.807, 2.05) is 48.5 Å². The van der Waals surface area contributed by atoms with Crippen LogP contribution >= 0.6 is 11.7 Å². The largest absolute Gasteiger partial charge is 0.255 e. The molecule has 0 aliphatic heterocycles. The molecule has 6 nitrogen and oxygen atoms in total. The first-order chi connectivity index (χ1) is 12.4. The fourth-order valence-corrected chi connectivity index (χ4v) is 3.21. The molecular formula is C18H10N6S. The molecule has 5 aromatic rings. The second kappa shape index (κ2) is 5.64. The van der Waals surface area contributed by atoms with E-state index in [4.69, 9.17) is 9.97 Å². The van der Waals surface area contributed by atoms with Gasteiger partial charge in [-0.05, 0) is 36.4 Å². The van der Waals surface area contributed by atoms with Gasteiger partial charge < -0.3 is 0 Å². The molecule has 0 saturated heterocycles. The van der Waals surface area contributed by atoms with Crippen LogP contribution in [0.4, 0.5) is 0 Å². The lowest BCUT2D eigenvalue weighted by Crippen LogP contribution is -1.98. The molecule has 0 fully saturated rings. The summed E-state index contributed by atoms with van der Waals surface area (Å²) >= 11 is 1.18. The van der Waals surface area contributed by atoms with Gasteiger partial charge in [0.05, 0.1) is 34.1 Å². The molecule has 25 heavy (non-hydrogen) atoms. The van der Waals surface area contributed by atoms with Gasteiger partial charge in [-0.3, -0.25) is 9.97 Å². The molecule has 118 valence electrons. The van der Waals surface area contributed by atoms with Crippen LogP contribution in [0.5, 0.6) is 0 Å². The lowest BCUT2D eigenvalue weighted by Gasteiger charge is -2.09. The SMILES string of the molecule is c1ccc(-c2nc3cc4nsnc4cc3nc2-c2ccccn2)nc1. The molecular weight excluding hydrogens is 332 g/mol. The number of hydrogen-bond donors (Lipinski definition) is 0. The monoisotopic (exact) mass is 342 g/mol. The topological polar surface area (TPSA) is 77.3 Å². The summed E-state index contributed by atoms with van der Waals surface area (Å²) in [5, 5.41) is 0. The quantitative estimate of drug-likeness (QED) is 0.486. The van der Waals surface area contributed by atoms with Crippen molar-refractivity contribution in [3.8, 4) is 22.8 Å². The van der Waals surface area contributed by atoms with E-state index in [-0.39, 0.29) is 0 Å². The highest BCUT2D eigenvalue weighted by atomic mass is 32.1. The number of hydrogen-bond acceptors (Lipinski definition) is 7. The summed E-state index contributed by atoms with van der Waals surface area (Å²) < 4.78 is 8.57. The predicted molar refractivity (Wildman–Crippen MR) is 97.0 cm³/mol. The molecule has 1 aromatic carbocycles. The standard InChI is InChI=1S/C18H10N6S/c1-3-7-19-11(5-1)17-18(12-6-2-4-8-20-12)22-14-10-16-15(23-25-24-16)9-13(14)21-17/h1-10H. The summed E-state index contributed by atoms with van der Waals surface area (Å²) in [6.45, 7) is 0. The van der Waals surface area contributed by atoms with Crippen LogP contribution in [0.2, 0.25) is 0 Å². The average Bonchev–Trinajstić information content (AvgIpc) is 3.14. The number of nitrogens with zero attached hydrogens (tertiary/aromatic N) is 6. The maximum Gasteiger partial charge on any atom is 0.117 e. The first-order valence-electron chi connectivity index (χ1n) is 7.65. The van der Waals surface area contributed by atoms with E-state index in [1.54, 1.807) is 12.4 Å². The summed E-state index contributed by atoms with van der Waals surface area (Å²) in [4.78, 5) is 18.5. The minimum absolute atomic E-state index is 0.703. The van der Waals surface area contributed by atoms with Crippen LogP contribution in [0, 0.1) is 0 Å². The van der Waals surface area contributed by atoms with E-state index in [0.29, 0.717) is 11.4 Å². The van der Waals surface area contributed by atoms with Crippen molar-refractivity contribution in [3.63, 3.8) is 0 Å². The zero-order chi connectivity index (χ0) is 16.6. The van der Waals surface area contributed by atoms with Crippen molar-refractivity contribution in [2.24, 2.45) is 0 Å². The van der Waals surface area contributed by atoms with E-state index in [1.165, 1.54) is 11.7 Å². The smallest absolute Gasteiger partial charge is 0.117 e. The molecule has 0 amide bonds.